The summed E-state index contributed by atoms with van der Waals surface area (Å²) < 4.78 is 0. The fraction of sp³-hybridized carbons (Fsp3) is 0.824. The number of aromatic nitrogens is 2. The van der Waals surface area contributed by atoms with Crippen LogP contribution in [0.25, 0.3) is 16.0 Å². The summed E-state index contributed by atoms with van der Waals surface area (Å²) in [5, 5.41) is 19.7. The molecule has 0 spiro atoms. The molecule has 3 aliphatic heterocycles. The summed E-state index contributed by atoms with van der Waals surface area (Å²) in [5.41, 5.74) is 2.19. The minimum atomic E-state index is 0. The molecule has 0 bridgehead atoms. The molecule has 5 nitrogen and oxygen atoms in total. The van der Waals surface area contributed by atoms with Crippen molar-refractivity contribution in [3.05, 3.63) is 33.4 Å². The Hall–Kier alpha value is -0.196. The fourth-order valence-electron chi connectivity index (χ4n) is 2.05. The molecule has 6 heteroatoms. The van der Waals surface area contributed by atoms with E-state index >= 15 is 0 Å². The zero-order chi connectivity index (χ0) is 15.9. The Balaban J connectivity index is 0.000000280. The van der Waals surface area contributed by atoms with Gasteiger partial charge in [-0.15, -0.1) is 39.3 Å². The van der Waals surface area contributed by atoms with Gasteiger partial charge in [0.2, 0.25) is 0 Å². The van der Waals surface area contributed by atoms with Crippen LogP contribution < -0.4 is 5.10 Å². The van der Waals surface area contributed by atoms with Gasteiger partial charge >= 0.3 is 21.7 Å². The zero-order valence-corrected chi connectivity index (χ0v) is 16.4. The van der Waals surface area contributed by atoms with E-state index in [-0.39, 0.29) is 21.7 Å². The van der Waals surface area contributed by atoms with Gasteiger partial charge in [0.15, 0.2) is 0 Å². The quantitative estimate of drug-likeness (QED) is 0.659. The van der Waals surface area contributed by atoms with Gasteiger partial charge in [0, 0.05) is 5.69 Å². The molecule has 3 saturated heterocycles. The molecule has 0 aromatic carbocycles. The van der Waals surface area contributed by atoms with E-state index in [9.17, 15) is 0 Å². The van der Waals surface area contributed by atoms with Crippen LogP contribution in [0.5, 0.6) is 0 Å². The third-order valence-corrected chi connectivity index (χ3v) is 3.68. The van der Waals surface area contributed by atoms with Crippen LogP contribution in [0.4, 0.5) is 0 Å². The minimum absolute atomic E-state index is 0. The summed E-state index contributed by atoms with van der Waals surface area (Å²) in [4.78, 5) is 0. The van der Waals surface area contributed by atoms with Crippen molar-refractivity contribution < 1.29 is 21.7 Å². The first-order valence-corrected chi connectivity index (χ1v) is 8.62. The zero-order valence-electron chi connectivity index (χ0n) is 14.8. The molecule has 0 aliphatic carbocycles. The van der Waals surface area contributed by atoms with E-state index in [0.717, 1.165) is 45.0 Å². The Morgan fingerprint density at radius 2 is 1.04 bits per heavy atom. The Bertz CT molecular complexity index is 281. The van der Waals surface area contributed by atoms with Crippen molar-refractivity contribution in [1.29, 1.82) is 0 Å². The Labute approximate surface area is 157 Å². The first-order chi connectivity index (χ1) is 10.8. The third kappa shape index (κ3) is 13.9. The van der Waals surface area contributed by atoms with Gasteiger partial charge in [0.25, 0.3) is 0 Å². The van der Waals surface area contributed by atoms with Gasteiger partial charge in [-0.1, -0.05) is 44.1 Å². The minimum Gasteiger partial charge on any atom is -0.662 e. The predicted molar refractivity (Wildman–Crippen MR) is 94.0 cm³/mol. The molecule has 3 aliphatic rings. The average molecular weight is 353 g/mol. The summed E-state index contributed by atoms with van der Waals surface area (Å²) in [5.74, 6) is 0. The van der Waals surface area contributed by atoms with Gasteiger partial charge < -0.3 is 26.1 Å². The largest absolute Gasteiger partial charge is 4.00 e. The Morgan fingerprint density at radius 3 is 1.13 bits per heavy atom. The molecular formula is C17H31N5Ti. The molecule has 0 N–H and O–H groups in total. The Morgan fingerprint density at radius 1 is 0.696 bits per heavy atom. The normalized spacial score (nSPS) is 18.5. The van der Waals surface area contributed by atoms with Crippen molar-refractivity contribution in [1.82, 2.24) is 10.2 Å². The molecule has 0 amide bonds. The molecular weight excluding hydrogens is 322 g/mol. The number of nitrogens with zero attached hydrogens (tertiary/aromatic N) is 5. The van der Waals surface area contributed by atoms with E-state index in [4.69, 9.17) is 0 Å². The second kappa shape index (κ2) is 16.7. The molecule has 0 saturated carbocycles. The summed E-state index contributed by atoms with van der Waals surface area (Å²) in [6, 6.07) is 0. The maximum atomic E-state index is 4.08. The van der Waals surface area contributed by atoms with Crippen LogP contribution in [-0.2, 0) is 21.7 Å². The standard InChI is InChI=1S/C5H7N2.3C4H8N.Ti/c1-4-3-6-7-5(4)2;3*1-2-4-5-3-1;/h3H,1-2H3;3*1-4H2;/q4*-1;+4. The number of rotatable bonds is 0. The van der Waals surface area contributed by atoms with Crippen LogP contribution in [0.2, 0.25) is 0 Å². The molecule has 1 aromatic heterocycles. The van der Waals surface area contributed by atoms with E-state index in [1.807, 2.05) is 13.8 Å². The van der Waals surface area contributed by atoms with E-state index in [2.05, 4.69) is 26.1 Å². The number of hydrogen-bond acceptors (Lipinski definition) is 1. The van der Waals surface area contributed by atoms with Gasteiger partial charge in [-0.3, -0.25) is 0 Å². The molecule has 128 valence electrons. The molecule has 0 unspecified atom stereocenters. The molecule has 23 heavy (non-hydrogen) atoms. The first kappa shape index (κ1) is 22.8. The van der Waals surface area contributed by atoms with E-state index in [1.165, 1.54) is 44.1 Å². The topological polar surface area (TPSA) is 69.3 Å². The first-order valence-electron chi connectivity index (χ1n) is 8.62. The summed E-state index contributed by atoms with van der Waals surface area (Å²) in [6.07, 6.45) is 9.76. The monoisotopic (exact) mass is 353 g/mol. The van der Waals surface area contributed by atoms with Gasteiger partial charge in [-0.25, -0.2) is 0 Å². The third-order valence-electron chi connectivity index (χ3n) is 3.68. The van der Waals surface area contributed by atoms with E-state index < -0.39 is 0 Å². The number of aryl methyl sites for hydroxylation is 2. The maximum absolute atomic E-state index is 4.08. The summed E-state index contributed by atoms with van der Waals surface area (Å²) >= 11 is 0. The van der Waals surface area contributed by atoms with Crippen molar-refractivity contribution in [3.63, 3.8) is 0 Å². The van der Waals surface area contributed by atoms with Crippen LogP contribution in [0.3, 0.4) is 0 Å². The van der Waals surface area contributed by atoms with Crippen molar-refractivity contribution in [2.24, 2.45) is 0 Å². The summed E-state index contributed by atoms with van der Waals surface area (Å²) in [6.45, 7) is 10.7. The molecule has 0 atom stereocenters. The average Bonchev–Trinajstić information content (AvgIpc) is 3.36. The second-order valence-corrected chi connectivity index (χ2v) is 5.75. The van der Waals surface area contributed by atoms with Crippen molar-refractivity contribution >= 4 is 0 Å². The predicted octanol–water partition coefficient (Wildman–Crippen LogP) is 4.11. The van der Waals surface area contributed by atoms with Crippen molar-refractivity contribution in [2.45, 2.75) is 52.4 Å². The fourth-order valence-corrected chi connectivity index (χ4v) is 2.05. The van der Waals surface area contributed by atoms with E-state index in [1.54, 1.807) is 6.20 Å². The molecule has 3 fully saturated rings. The molecule has 4 rings (SSSR count). The van der Waals surface area contributed by atoms with Crippen molar-refractivity contribution in [3.8, 4) is 0 Å². The molecule has 4 heterocycles. The van der Waals surface area contributed by atoms with Crippen LogP contribution in [0.1, 0.15) is 49.8 Å². The number of hydrogen-bond donors (Lipinski definition) is 0. The van der Waals surface area contributed by atoms with Gasteiger partial charge in [0.1, 0.15) is 0 Å². The summed E-state index contributed by atoms with van der Waals surface area (Å²) in [7, 11) is 0. The maximum Gasteiger partial charge on any atom is 4.00 e. The van der Waals surface area contributed by atoms with Crippen LogP contribution in [0, 0.1) is 13.8 Å². The Kier molecular flexibility index (Phi) is 16.5. The van der Waals surface area contributed by atoms with Crippen LogP contribution >= 0.6 is 0 Å². The second-order valence-electron chi connectivity index (χ2n) is 5.75. The van der Waals surface area contributed by atoms with Crippen molar-refractivity contribution in [2.75, 3.05) is 39.3 Å². The van der Waals surface area contributed by atoms with Crippen LogP contribution in [0.15, 0.2) is 6.20 Å². The van der Waals surface area contributed by atoms with Gasteiger partial charge in [0.05, 0.1) is 0 Å². The van der Waals surface area contributed by atoms with Crippen LogP contribution in [-0.4, -0.2) is 44.4 Å². The van der Waals surface area contributed by atoms with Gasteiger partial charge in [-0.2, -0.15) is 6.20 Å². The van der Waals surface area contributed by atoms with Gasteiger partial charge in [-0.05, 0) is 13.8 Å². The SMILES string of the molecule is C1CC[N-]C1.C1CC[N-]C1.C1CC[N-]C1.Cc1c[n-]nc1C.[Ti+4]. The smallest absolute Gasteiger partial charge is 0.662 e. The molecule has 1 aromatic rings. The molecule has 0 radical (unpaired) electrons. The van der Waals surface area contributed by atoms with E-state index in [0.29, 0.717) is 0 Å².